The minimum absolute atomic E-state index is 0.808. The van der Waals surface area contributed by atoms with Crippen molar-refractivity contribution < 1.29 is 0 Å². The van der Waals surface area contributed by atoms with E-state index in [9.17, 15) is 0 Å². The molecular weight excluding hydrogens is 246 g/mol. The average molecular weight is 264 g/mol. The van der Waals surface area contributed by atoms with Crippen molar-refractivity contribution in [3.05, 3.63) is 34.5 Å². The monoisotopic (exact) mass is 263 g/mol. The van der Waals surface area contributed by atoms with Crippen LogP contribution < -0.4 is 5.32 Å². The Morgan fingerprint density at radius 2 is 2.06 bits per heavy atom. The highest BCUT2D eigenvalue weighted by molar-refractivity contribution is 6.35. The fourth-order valence-corrected chi connectivity index (χ4v) is 2.89. The molecule has 1 aromatic carbocycles. The van der Waals surface area contributed by atoms with Crippen molar-refractivity contribution in [3.63, 3.8) is 0 Å². The summed E-state index contributed by atoms with van der Waals surface area (Å²) in [6, 6.07) is 6.12. The molecule has 0 bridgehead atoms. The first-order valence-corrected chi connectivity index (χ1v) is 6.82. The van der Waals surface area contributed by atoms with E-state index < -0.39 is 0 Å². The minimum Gasteiger partial charge on any atom is -0.357 e. The maximum atomic E-state index is 6.23. The topological polar surface area (TPSA) is 31.1 Å². The number of H-pyrrole nitrogens is 1. The number of nitrogens with zero attached hydrogens (tertiary/aromatic N) is 1. The Morgan fingerprint density at radius 1 is 1.28 bits per heavy atom. The molecule has 2 aromatic rings. The SMILES string of the molecule is Cc1[nH]c2c(Cl)cccc2c1CN1CCNCC1. The molecule has 0 radical (unpaired) electrons. The number of aromatic amines is 1. The Balaban J connectivity index is 1.95. The summed E-state index contributed by atoms with van der Waals surface area (Å²) in [5.74, 6) is 0. The van der Waals surface area contributed by atoms with E-state index in [1.807, 2.05) is 12.1 Å². The summed E-state index contributed by atoms with van der Waals surface area (Å²) in [5.41, 5.74) is 3.69. The number of rotatable bonds is 2. The molecule has 2 heterocycles. The van der Waals surface area contributed by atoms with Gasteiger partial charge in [0.2, 0.25) is 0 Å². The number of piperazine rings is 1. The molecule has 96 valence electrons. The second-order valence-corrected chi connectivity index (χ2v) is 5.32. The van der Waals surface area contributed by atoms with Gasteiger partial charge in [-0.25, -0.2) is 0 Å². The zero-order valence-corrected chi connectivity index (χ0v) is 11.3. The third-order valence-corrected chi connectivity index (χ3v) is 4.01. The van der Waals surface area contributed by atoms with Crippen molar-refractivity contribution >= 4 is 22.5 Å². The second kappa shape index (κ2) is 4.92. The molecular formula is C14H18ClN3. The van der Waals surface area contributed by atoms with E-state index in [1.54, 1.807) is 0 Å². The summed E-state index contributed by atoms with van der Waals surface area (Å²) >= 11 is 6.23. The van der Waals surface area contributed by atoms with Crippen molar-refractivity contribution in [2.24, 2.45) is 0 Å². The lowest BCUT2D eigenvalue weighted by atomic mass is 10.1. The van der Waals surface area contributed by atoms with Gasteiger partial charge >= 0.3 is 0 Å². The highest BCUT2D eigenvalue weighted by atomic mass is 35.5. The lowest BCUT2D eigenvalue weighted by Crippen LogP contribution is -2.42. The van der Waals surface area contributed by atoms with Gasteiger partial charge in [-0.1, -0.05) is 23.7 Å². The summed E-state index contributed by atoms with van der Waals surface area (Å²) in [6.07, 6.45) is 0. The van der Waals surface area contributed by atoms with Gasteiger partial charge in [0.15, 0.2) is 0 Å². The molecule has 1 aliphatic rings. The van der Waals surface area contributed by atoms with Gasteiger partial charge in [-0.15, -0.1) is 0 Å². The maximum Gasteiger partial charge on any atom is 0.0648 e. The number of hydrogen-bond acceptors (Lipinski definition) is 2. The van der Waals surface area contributed by atoms with Crippen LogP contribution in [0.25, 0.3) is 10.9 Å². The summed E-state index contributed by atoms with van der Waals surface area (Å²) in [7, 11) is 0. The van der Waals surface area contributed by atoms with Crippen LogP contribution in [0, 0.1) is 6.92 Å². The molecule has 2 N–H and O–H groups in total. The van der Waals surface area contributed by atoms with E-state index in [4.69, 9.17) is 11.6 Å². The van der Waals surface area contributed by atoms with E-state index in [0.29, 0.717) is 0 Å². The zero-order valence-electron chi connectivity index (χ0n) is 10.6. The van der Waals surface area contributed by atoms with Crippen LogP contribution in [0.4, 0.5) is 0 Å². The quantitative estimate of drug-likeness (QED) is 0.873. The molecule has 3 nitrogen and oxygen atoms in total. The summed E-state index contributed by atoms with van der Waals surface area (Å²) < 4.78 is 0. The van der Waals surface area contributed by atoms with Crippen LogP contribution in [-0.4, -0.2) is 36.1 Å². The molecule has 18 heavy (non-hydrogen) atoms. The van der Waals surface area contributed by atoms with E-state index in [-0.39, 0.29) is 0 Å². The van der Waals surface area contributed by atoms with E-state index >= 15 is 0 Å². The van der Waals surface area contributed by atoms with Crippen LogP contribution in [0.2, 0.25) is 5.02 Å². The van der Waals surface area contributed by atoms with Crippen molar-refractivity contribution in [1.29, 1.82) is 0 Å². The Labute approximate surface area is 112 Å². The highest BCUT2D eigenvalue weighted by Gasteiger charge is 2.15. The number of benzene rings is 1. The van der Waals surface area contributed by atoms with E-state index in [1.165, 1.54) is 16.6 Å². The van der Waals surface area contributed by atoms with E-state index in [2.05, 4.69) is 28.2 Å². The van der Waals surface area contributed by atoms with Crippen LogP contribution in [0.3, 0.4) is 0 Å². The standard InChI is InChI=1S/C14H18ClN3/c1-10-12(9-18-7-5-16-6-8-18)11-3-2-4-13(15)14(11)17-10/h2-4,16-17H,5-9H2,1H3. The van der Waals surface area contributed by atoms with Gasteiger partial charge in [0.1, 0.15) is 0 Å². The molecule has 0 unspecified atom stereocenters. The number of fused-ring (bicyclic) bond motifs is 1. The molecule has 1 saturated heterocycles. The van der Waals surface area contributed by atoms with Gasteiger partial charge < -0.3 is 10.3 Å². The van der Waals surface area contributed by atoms with Gasteiger partial charge in [0.25, 0.3) is 0 Å². The van der Waals surface area contributed by atoms with Gasteiger partial charge in [0, 0.05) is 43.8 Å². The van der Waals surface area contributed by atoms with Gasteiger partial charge in [-0.2, -0.15) is 0 Å². The fraction of sp³-hybridized carbons (Fsp3) is 0.429. The molecule has 0 amide bonds. The highest BCUT2D eigenvalue weighted by Crippen LogP contribution is 2.28. The molecule has 1 fully saturated rings. The number of nitrogens with one attached hydrogen (secondary N) is 2. The number of aryl methyl sites for hydroxylation is 1. The molecule has 1 aliphatic heterocycles. The van der Waals surface area contributed by atoms with Crippen LogP contribution in [-0.2, 0) is 6.54 Å². The van der Waals surface area contributed by atoms with Gasteiger partial charge in [-0.3, -0.25) is 4.90 Å². The van der Waals surface area contributed by atoms with Crippen LogP contribution in [0.15, 0.2) is 18.2 Å². The average Bonchev–Trinajstić information content (AvgIpc) is 2.70. The molecule has 4 heteroatoms. The third-order valence-electron chi connectivity index (χ3n) is 3.70. The second-order valence-electron chi connectivity index (χ2n) is 4.92. The van der Waals surface area contributed by atoms with Crippen molar-refractivity contribution in [2.45, 2.75) is 13.5 Å². The van der Waals surface area contributed by atoms with Gasteiger partial charge in [0.05, 0.1) is 10.5 Å². The third kappa shape index (κ3) is 2.14. The molecule has 3 rings (SSSR count). The summed E-state index contributed by atoms with van der Waals surface area (Å²) in [6.45, 7) is 7.55. The lowest BCUT2D eigenvalue weighted by molar-refractivity contribution is 0.233. The Hall–Kier alpha value is -1.03. The van der Waals surface area contributed by atoms with Crippen LogP contribution in [0.5, 0.6) is 0 Å². The minimum atomic E-state index is 0.808. The predicted molar refractivity (Wildman–Crippen MR) is 76.2 cm³/mol. The zero-order chi connectivity index (χ0) is 12.5. The first-order valence-electron chi connectivity index (χ1n) is 6.44. The predicted octanol–water partition coefficient (Wildman–Crippen LogP) is 2.53. The van der Waals surface area contributed by atoms with Crippen LogP contribution >= 0.6 is 11.6 Å². The van der Waals surface area contributed by atoms with Crippen molar-refractivity contribution in [2.75, 3.05) is 26.2 Å². The molecule has 0 atom stereocenters. The normalized spacial score (nSPS) is 17.4. The molecule has 0 spiro atoms. The summed E-state index contributed by atoms with van der Waals surface area (Å²) in [4.78, 5) is 5.90. The molecule has 1 aromatic heterocycles. The Morgan fingerprint density at radius 3 is 2.83 bits per heavy atom. The van der Waals surface area contributed by atoms with E-state index in [0.717, 1.165) is 43.3 Å². The van der Waals surface area contributed by atoms with Gasteiger partial charge in [-0.05, 0) is 18.6 Å². The first kappa shape index (κ1) is 12.0. The van der Waals surface area contributed by atoms with Crippen LogP contribution in [0.1, 0.15) is 11.3 Å². The maximum absolute atomic E-state index is 6.23. The number of aromatic nitrogens is 1. The number of hydrogen-bond donors (Lipinski definition) is 2. The Kier molecular flexibility index (Phi) is 3.29. The first-order chi connectivity index (χ1) is 8.75. The summed E-state index contributed by atoms with van der Waals surface area (Å²) in [5, 5.41) is 5.45. The number of halogens is 1. The largest absolute Gasteiger partial charge is 0.357 e. The van der Waals surface area contributed by atoms with Crippen molar-refractivity contribution in [3.8, 4) is 0 Å². The number of para-hydroxylation sites is 1. The lowest BCUT2D eigenvalue weighted by Gasteiger charge is -2.27. The molecule has 0 aliphatic carbocycles. The Bertz CT molecular complexity index is 555. The fourth-order valence-electron chi connectivity index (χ4n) is 2.66. The van der Waals surface area contributed by atoms with Crippen molar-refractivity contribution in [1.82, 2.24) is 15.2 Å². The molecule has 0 saturated carbocycles. The smallest absolute Gasteiger partial charge is 0.0648 e.